The van der Waals surface area contributed by atoms with Gasteiger partial charge in [0.05, 0.1) is 6.04 Å². The first kappa shape index (κ1) is 16.9. The van der Waals surface area contributed by atoms with Gasteiger partial charge >= 0.3 is 11.9 Å². The number of carbonyl (C=O) groups excluding carboxylic acids is 1. The van der Waals surface area contributed by atoms with Crippen LogP contribution in [0.3, 0.4) is 0 Å². The van der Waals surface area contributed by atoms with Gasteiger partial charge in [-0.1, -0.05) is 13.8 Å². The summed E-state index contributed by atoms with van der Waals surface area (Å²) in [6.45, 7) is 8.39. The van der Waals surface area contributed by atoms with E-state index in [1.165, 1.54) is 0 Å². The second-order valence-corrected chi connectivity index (χ2v) is 5.81. The molecule has 18 heavy (non-hydrogen) atoms. The normalized spacial score (nSPS) is 17.1. The van der Waals surface area contributed by atoms with E-state index in [1.54, 1.807) is 20.8 Å². The Bertz CT molecular complexity index is 321. The summed E-state index contributed by atoms with van der Waals surface area (Å²) in [6.07, 6.45) is 0.196. The number of esters is 1. The van der Waals surface area contributed by atoms with E-state index in [-0.39, 0.29) is 12.3 Å². The molecule has 6 heteroatoms. The molecule has 0 bridgehead atoms. The van der Waals surface area contributed by atoms with Crippen LogP contribution in [0.25, 0.3) is 0 Å². The van der Waals surface area contributed by atoms with Crippen molar-refractivity contribution in [3.63, 3.8) is 0 Å². The molecule has 4 N–H and O–H groups in total. The molecular weight excluding hydrogens is 238 g/mol. The maximum Gasteiger partial charge on any atom is 0.352 e. The second-order valence-electron chi connectivity index (χ2n) is 5.81. The quantitative estimate of drug-likeness (QED) is 0.491. The van der Waals surface area contributed by atoms with E-state index in [2.05, 4.69) is 0 Å². The lowest BCUT2D eigenvalue weighted by Gasteiger charge is -2.31. The molecule has 0 aromatic heterocycles. The van der Waals surface area contributed by atoms with Crippen LogP contribution in [0.2, 0.25) is 0 Å². The van der Waals surface area contributed by atoms with E-state index in [0.717, 1.165) is 0 Å². The van der Waals surface area contributed by atoms with Crippen molar-refractivity contribution >= 4 is 11.9 Å². The zero-order valence-corrected chi connectivity index (χ0v) is 11.6. The highest BCUT2D eigenvalue weighted by molar-refractivity contribution is 6.03. The highest BCUT2D eigenvalue weighted by Crippen LogP contribution is 2.21. The largest absolute Gasteiger partial charge is 0.479 e. The molecule has 0 aromatic rings. The van der Waals surface area contributed by atoms with Crippen LogP contribution in [0, 0.1) is 5.92 Å². The molecule has 0 radical (unpaired) electrons. The molecule has 0 aliphatic rings. The summed E-state index contributed by atoms with van der Waals surface area (Å²) >= 11 is 0. The van der Waals surface area contributed by atoms with Crippen molar-refractivity contribution in [3.05, 3.63) is 0 Å². The average Bonchev–Trinajstić information content (AvgIpc) is 2.11. The SMILES string of the molecule is CC(C)C[C@H](N)[C@@](O)(C(=O)O)C(=O)OC(C)(C)C. The lowest BCUT2D eigenvalue weighted by Crippen LogP contribution is -2.61. The van der Waals surface area contributed by atoms with Gasteiger partial charge in [-0.3, -0.25) is 0 Å². The van der Waals surface area contributed by atoms with Gasteiger partial charge in [0.15, 0.2) is 0 Å². The fourth-order valence-corrected chi connectivity index (χ4v) is 1.43. The first-order valence-corrected chi connectivity index (χ1v) is 5.86. The summed E-state index contributed by atoms with van der Waals surface area (Å²) in [4.78, 5) is 23.0. The number of hydrogen-bond donors (Lipinski definition) is 3. The molecule has 0 aliphatic carbocycles. The van der Waals surface area contributed by atoms with Gasteiger partial charge in [0, 0.05) is 0 Å². The first-order chi connectivity index (χ1) is 7.91. The van der Waals surface area contributed by atoms with Gasteiger partial charge < -0.3 is 20.7 Å². The number of carboxylic acid groups (broad SMARTS) is 1. The number of aliphatic hydroxyl groups is 1. The summed E-state index contributed by atoms with van der Waals surface area (Å²) in [5.74, 6) is -2.87. The maximum atomic E-state index is 11.8. The minimum Gasteiger partial charge on any atom is -0.479 e. The molecule has 0 saturated carbocycles. The summed E-state index contributed by atoms with van der Waals surface area (Å²) < 4.78 is 4.92. The van der Waals surface area contributed by atoms with Crippen LogP contribution < -0.4 is 5.73 Å². The Morgan fingerprint density at radius 2 is 1.72 bits per heavy atom. The second kappa shape index (κ2) is 5.67. The number of hydrogen-bond acceptors (Lipinski definition) is 5. The summed E-state index contributed by atoms with van der Waals surface area (Å²) in [5, 5.41) is 19.1. The van der Waals surface area contributed by atoms with E-state index >= 15 is 0 Å². The van der Waals surface area contributed by atoms with Gasteiger partial charge in [-0.15, -0.1) is 0 Å². The van der Waals surface area contributed by atoms with Crippen LogP contribution in [0.5, 0.6) is 0 Å². The molecule has 0 aromatic carbocycles. The third-order valence-corrected chi connectivity index (χ3v) is 2.30. The third-order valence-electron chi connectivity index (χ3n) is 2.30. The molecular formula is C12H23NO5. The van der Waals surface area contributed by atoms with E-state index in [4.69, 9.17) is 15.6 Å². The Morgan fingerprint density at radius 3 is 2.00 bits per heavy atom. The van der Waals surface area contributed by atoms with Crippen molar-refractivity contribution in [1.82, 2.24) is 0 Å². The number of nitrogens with two attached hydrogens (primary N) is 1. The molecule has 2 atom stereocenters. The number of carboxylic acids is 1. The van der Waals surface area contributed by atoms with Gasteiger partial charge in [0.25, 0.3) is 5.60 Å². The monoisotopic (exact) mass is 261 g/mol. The van der Waals surface area contributed by atoms with Gasteiger partial charge in [-0.25, -0.2) is 9.59 Å². The molecule has 0 unspecified atom stereocenters. The lowest BCUT2D eigenvalue weighted by atomic mass is 9.88. The summed E-state index contributed by atoms with van der Waals surface area (Å²) in [7, 11) is 0. The van der Waals surface area contributed by atoms with Crippen LogP contribution in [-0.2, 0) is 14.3 Å². The van der Waals surface area contributed by atoms with Gasteiger partial charge in [0.2, 0.25) is 0 Å². The number of carbonyl (C=O) groups is 2. The van der Waals surface area contributed by atoms with Crippen molar-refractivity contribution in [1.29, 1.82) is 0 Å². The van der Waals surface area contributed by atoms with Crippen LogP contribution >= 0.6 is 0 Å². The smallest absolute Gasteiger partial charge is 0.352 e. The molecule has 0 saturated heterocycles. The fraction of sp³-hybridized carbons (Fsp3) is 0.833. The van der Waals surface area contributed by atoms with Crippen LogP contribution in [0.1, 0.15) is 41.0 Å². The highest BCUT2D eigenvalue weighted by Gasteiger charge is 2.52. The first-order valence-electron chi connectivity index (χ1n) is 5.86. The number of ether oxygens (including phenoxy) is 1. The summed E-state index contributed by atoms with van der Waals surface area (Å²) in [5.41, 5.74) is 2.04. The minimum absolute atomic E-state index is 0.0494. The Hall–Kier alpha value is -1.14. The highest BCUT2D eigenvalue weighted by atomic mass is 16.6. The van der Waals surface area contributed by atoms with E-state index in [1.807, 2.05) is 13.8 Å². The van der Waals surface area contributed by atoms with Crippen molar-refractivity contribution in [2.75, 3.05) is 0 Å². The number of rotatable bonds is 5. The maximum absolute atomic E-state index is 11.8. The lowest BCUT2D eigenvalue weighted by molar-refractivity contribution is -0.190. The molecule has 6 nitrogen and oxygen atoms in total. The van der Waals surface area contributed by atoms with Gasteiger partial charge in [-0.2, -0.15) is 0 Å². The fourth-order valence-electron chi connectivity index (χ4n) is 1.43. The molecule has 0 spiro atoms. The van der Waals surface area contributed by atoms with Crippen LogP contribution in [0.4, 0.5) is 0 Å². The van der Waals surface area contributed by atoms with E-state index in [9.17, 15) is 14.7 Å². The van der Waals surface area contributed by atoms with Crippen molar-refractivity contribution in [3.8, 4) is 0 Å². The topological polar surface area (TPSA) is 110 Å². The number of aliphatic carboxylic acids is 1. The summed E-state index contributed by atoms with van der Waals surface area (Å²) in [6, 6.07) is -1.22. The van der Waals surface area contributed by atoms with Gasteiger partial charge in [-0.05, 0) is 33.1 Å². The molecule has 0 heterocycles. The zero-order chi connectivity index (χ0) is 14.7. The Kier molecular flexibility index (Phi) is 5.31. The predicted octanol–water partition coefficient (Wildman–Crippen LogP) is 0.517. The van der Waals surface area contributed by atoms with Crippen molar-refractivity contribution in [2.24, 2.45) is 11.7 Å². The third kappa shape index (κ3) is 4.27. The van der Waals surface area contributed by atoms with Crippen LogP contribution in [-0.4, -0.2) is 39.4 Å². The Labute approximate surface area is 107 Å². The van der Waals surface area contributed by atoms with E-state index < -0.39 is 29.2 Å². The van der Waals surface area contributed by atoms with Gasteiger partial charge in [0.1, 0.15) is 5.60 Å². The van der Waals surface area contributed by atoms with Crippen molar-refractivity contribution < 1.29 is 24.5 Å². The van der Waals surface area contributed by atoms with Crippen LogP contribution in [0.15, 0.2) is 0 Å². The molecule has 0 rings (SSSR count). The molecule has 0 aliphatic heterocycles. The van der Waals surface area contributed by atoms with Crippen molar-refractivity contribution in [2.45, 2.75) is 58.3 Å². The zero-order valence-electron chi connectivity index (χ0n) is 11.6. The average molecular weight is 261 g/mol. The Balaban J connectivity index is 5.15. The standard InChI is InChI=1S/C12H23NO5/c1-7(2)6-8(13)12(17,9(14)15)10(16)18-11(3,4)5/h7-8,17H,6,13H2,1-5H3,(H,14,15)/t8-,12+/m0/s1. The Morgan fingerprint density at radius 1 is 1.28 bits per heavy atom. The molecule has 0 amide bonds. The predicted molar refractivity (Wildman–Crippen MR) is 65.9 cm³/mol. The molecule has 0 fully saturated rings. The van der Waals surface area contributed by atoms with E-state index in [0.29, 0.717) is 0 Å². The minimum atomic E-state index is -2.71. The molecule has 106 valence electrons.